The molecular weight excluding hydrogens is 212 g/mol. The van der Waals surface area contributed by atoms with E-state index in [1.165, 1.54) is 0 Å². The van der Waals surface area contributed by atoms with Crippen LogP contribution in [0.4, 0.5) is 0 Å². The molecule has 2 heterocycles. The van der Waals surface area contributed by atoms with Crippen LogP contribution in [0.2, 0.25) is 0 Å². The number of nitrogens with zero attached hydrogens (tertiary/aromatic N) is 4. The largest absolute Gasteiger partial charge is 0.311 e. The molecule has 2 rings (SSSR count). The van der Waals surface area contributed by atoms with Gasteiger partial charge < -0.3 is 4.57 Å². The zero-order chi connectivity index (χ0) is 12.3. The van der Waals surface area contributed by atoms with Crippen LogP contribution in [0.3, 0.4) is 0 Å². The standard InChI is InChI=1S/C13H18N4/c1-4-7-10-8-14-12-13(16-10)17(9-15-12)11(5-2)6-3/h4,7-9,11H,5-6H2,1-3H3/b7-4+. The first-order valence-electron chi connectivity index (χ1n) is 6.12. The fourth-order valence-corrected chi connectivity index (χ4v) is 2.02. The van der Waals surface area contributed by atoms with Crippen molar-refractivity contribution in [1.82, 2.24) is 19.5 Å². The fourth-order valence-electron chi connectivity index (χ4n) is 2.02. The highest BCUT2D eigenvalue weighted by atomic mass is 15.1. The van der Waals surface area contributed by atoms with Crippen LogP contribution in [-0.2, 0) is 0 Å². The third kappa shape index (κ3) is 2.20. The lowest BCUT2D eigenvalue weighted by molar-refractivity contribution is 0.480. The van der Waals surface area contributed by atoms with E-state index in [0.29, 0.717) is 6.04 Å². The molecule has 90 valence electrons. The third-order valence-corrected chi connectivity index (χ3v) is 2.98. The van der Waals surface area contributed by atoms with E-state index in [1.54, 1.807) is 6.20 Å². The number of imidazole rings is 1. The Bertz CT molecular complexity index is 523. The van der Waals surface area contributed by atoms with Gasteiger partial charge in [-0.1, -0.05) is 19.9 Å². The number of fused-ring (bicyclic) bond motifs is 1. The predicted octanol–water partition coefficient (Wildman–Crippen LogP) is 3.22. The van der Waals surface area contributed by atoms with Crippen LogP contribution in [0.5, 0.6) is 0 Å². The summed E-state index contributed by atoms with van der Waals surface area (Å²) < 4.78 is 2.13. The molecule has 0 saturated carbocycles. The quantitative estimate of drug-likeness (QED) is 0.810. The van der Waals surface area contributed by atoms with Crippen molar-refractivity contribution in [1.29, 1.82) is 0 Å². The first-order valence-corrected chi connectivity index (χ1v) is 6.12. The summed E-state index contributed by atoms with van der Waals surface area (Å²) in [7, 11) is 0. The van der Waals surface area contributed by atoms with E-state index in [-0.39, 0.29) is 0 Å². The van der Waals surface area contributed by atoms with Gasteiger partial charge in [0.1, 0.15) is 0 Å². The second-order valence-corrected chi connectivity index (χ2v) is 4.06. The Balaban J connectivity index is 2.53. The Kier molecular flexibility index (Phi) is 3.52. The maximum atomic E-state index is 4.59. The lowest BCUT2D eigenvalue weighted by Gasteiger charge is -2.14. The number of aromatic nitrogens is 4. The van der Waals surface area contributed by atoms with Crippen molar-refractivity contribution in [2.45, 2.75) is 39.7 Å². The molecule has 0 saturated heterocycles. The summed E-state index contributed by atoms with van der Waals surface area (Å²) in [6.07, 6.45) is 9.69. The Hall–Kier alpha value is -1.71. The van der Waals surface area contributed by atoms with Crippen molar-refractivity contribution in [2.75, 3.05) is 0 Å². The van der Waals surface area contributed by atoms with E-state index in [2.05, 4.69) is 33.4 Å². The molecule has 0 fully saturated rings. The van der Waals surface area contributed by atoms with Gasteiger partial charge in [0.15, 0.2) is 11.3 Å². The smallest absolute Gasteiger partial charge is 0.197 e. The SMILES string of the molecule is C/C=C/c1cnc2ncn(C(CC)CC)c2n1. The summed E-state index contributed by atoms with van der Waals surface area (Å²) in [5.41, 5.74) is 2.49. The minimum Gasteiger partial charge on any atom is -0.311 e. The molecule has 0 aromatic carbocycles. The van der Waals surface area contributed by atoms with Gasteiger partial charge >= 0.3 is 0 Å². The lowest BCUT2D eigenvalue weighted by atomic mass is 10.2. The fraction of sp³-hybridized carbons (Fsp3) is 0.462. The zero-order valence-corrected chi connectivity index (χ0v) is 10.6. The van der Waals surface area contributed by atoms with E-state index in [9.17, 15) is 0 Å². The molecule has 0 atom stereocenters. The van der Waals surface area contributed by atoms with E-state index in [4.69, 9.17) is 0 Å². The molecule has 0 amide bonds. The van der Waals surface area contributed by atoms with Crippen LogP contribution in [0.25, 0.3) is 17.4 Å². The van der Waals surface area contributed by atoms with Gasteiger partial charge in [-0.25, -0.2) is 15.0 Å². The molecule has 0 aliphatic carbocycles. The highest BCUT2D eigenvalue weighted by molar-refractivity contribution is 5.67. The second kappa shape index (κ2) is 5.08. The van der Waals surface area contributed by atoms with Crippen LogP contribution in [-0.4, -0.2) is 19.5 Å². The van der Waals surface area contributed by atoms with Crippen LogP contribution in [0.1, 0.15) is 45.3 Å². The van der Waals surface area contributed by atoms with Gasteiger partial charge in [0, 0.05) is 6.04 Å². The molecule has 17 heavy (non-hydrogen) atoms. The maximum Gasteiger partial charge on any atom is 0.197 e. The molecule has 0 N–H and O–H groups in total. The highest BCUT2D eigenvalue weighted by Crippen LogP contribution is 2.20. The molecule has 0 spiro atoms. The Morgan fingerprint density at radius 3 is 2.71 bits per heavy atom. The Labute approximate surface area is 101 Å². The summed E-state index contributed by atoms with van der Waals surface area (Å²) in [6, 6.07) is 0.454. The average Bonchev–Trinajstić information content (AvgIpc) is 2.75. The summed E-state index contributed by atoms with van der Waals surface area (Å²) in [6.45, 7) is 6.34. The predicted molar refractivity (Wildman–Crippen MR) is 69.7 cm³/mol. The van der Waals surface area contributed by atoms with Crippen molar-refractivity contribution < 1.29 is 0 Å². The number of hydrogen-bond donors (Lipinski definition) is 0. The maximum absolute atomic E-state index is 4.59. The summed E-state index contributed by atoms with van der Waals surface area (Å²) in [4.78, 5) is 13.2. The molecule has 0 bridgehead atoms. The van der Waals surface area contributed by atoms with Gasteiger partial charge in [0.25, 0.3) is 0 Å². The first-order chi connectivity index (χ1) is 8.30. The normalized spacial score (nSPS) is 12.0. The number of allylic oxidation sites excluding steroid dienone is 1. The van der Waals surface area contributed by atoms with Crippen LogP contribution in [0, 0.1) is 0 Å². The molecule has 4 nitrogen and oxygen atoms in total. The molecule has 0 radical (unpaired) electrons. The highest BCUT2D eigenvalue weighted by Gasteiger charge is 2.12. The summed E-state index contributed by atoms with van der Waals surface area (Å²) in [5, 5.41) is 0. The van der Waals surface area contributed by atoms with Crippen LogP contribution >= 0.6 is 0 Å². The molecule has 4 heteroatoms. The van der Waals surface area contributed by atoms with Crippen molar-refractivity contribution in [3.8, 4) is 0 Å². The van der Waals surface area contributed by atoms with Gasteiger partial charge in [-0.15, -0.1) is 0 Å². The molecule has 2 aromatic heterocycles. The topological polar surface area (TPSA) is 43.6 Å². The molecular formula is C13H18N4. The second-order valence-electron chi connectivity index (χ2n) is 4.06. The van der Waals surface area contributed by atoms with Gasteiger partial charge in [0.05, 0.1) is 18.2 Å². The minimum atomic E-state index is 0.454. The first kappa shape index (κ1) is 11.8. The van der Waals surface area contributed by atoms with Crippen molar-refractivity contribution in [2.24, 2.45) is 0 Å². The lowest BCUT2D eigenvalue weighted by Crippen LogP contribution is -2.06. The molecule has 0 aliphatic rings. The van der Waals surface area contributed by atoms with Crippen molar-refractivity contribution in [3.05, 3.63) is 24.3 Å². The Morgan fingerprint density at radius 2 is 2.06 bits per heavy atom. The van der Waals surface area contributed by atoms with Gasteiger partial charge in [-0.05, 0) is 25.8 Å². The third-order valence-electron chi connectivity index (χ3n) is 2.98. The van der Waals surface area contributed by atoms with Gasteiger partial charge in [-0.3, -0.25) is 0 Å². The van der Waals surface area contributed by atoms with Crippen LogP contribution < -0.4 is 0 Å². The molecule has 0 aliphatic heterocycles. The summed E-state index contributed by atoms with van der Waals surface area (Å²) >= 11 is 0. The minimum absolute atomic E-state index is 0.454. The average molecular weight is 230 g/mol. The summed E-state index contributed by atoms with van der Waals surface area (Å²) in [5.74, 6) is 0. The van der Waals surface area contributed by atoms with Crippen molar-refractivity contribution >= 4 is 17.4 Å². The molecule has 0 unspecified atom stereocenters. The van der Waals surface area contributed by atoms with Crippen LogP contribution in [0.15, 0.2) is 18.6 Å². The van der Waals surface area contributed by atoms with Gasteiger partial charge in [0.2, 0.25) is 0 Å². The van der Waals surface area contributed by atoms with E-state index in [0.717, 1.165) is 29.8 Å². The Morgan fingerprint density at radius 1 is 1.29 bits per heavy atom. The van der Waals surface area contributed by atoms with E-state index < -0.39 is 0 Å². The zero-order valence-electron chi connectivity index (χ0n) is 10.6. The number of hydrogen-bond acceptors (Lipinski definition) is 3. The number of rotatable bonds is 4. The van der Waals surface area contributed by atoms with Gasteiger partial charge in [-0.2, -0.15) is 0 Å². The monoisotopic (exact) mass is 230 g/mol. The van der Waals surface area contributed by atoms with E-state index >= 15 is 0 Å². The molecule has 2 aromatic rings. The van der Waals surface area contributed by atoms with Crippen molar-refractivity contribution in [3.63, 3.8) is 0 Å². The van der Waals surface area contributed by atoms with E-state index in [1.807, 2.05) is 25.4 Å².